The predicted octanol–water partition coefficient (Wildman–Crippen LogP) is 1.94. The Bertz CT molecular complexity index is 450. The van der Waals surface area contributed by atoms with E-state index < -0.39 is 0 Å². The van der Waals surface area contributed by atoms with Crippen molar-refractivity contribution in [2.75, 3.05) is 20.2 Å². The zero-order valence-electron chi connectivity index (χ0n) is 10.2. The van der Waals surface area contributed by atoms with Gasteiger partial charge in [-0.2, -0.15) is 0 Å². The fourth-order valence-corrected chi connectivity index (χ4v) is 2.72. The lowest BCUT2D eigenvalue weighted by molar-refractivity contribution is -0.127. The lowest BCUT2D eigenvalue weighted by Gasteiger charge is -2.15. The molecule has 1 saturated heterocycles. The molecule has 1 atom stereocenters. The Morgan fingerprint density at radius 2 is 2.33 bits per heavy atom. The van der Waals surface area contributed by atoms with Crippen LogP contribution in [0.2, 0.25) is 0 Å². The summed E-state index contributed by atoms with van der Waals surface area (Å²) in [5.41, 5.74) is 0.999. The van der Waals surface area contributed by atoms with Gasteiger partial charge in [0, 0.05) is 24.3 Å². The van der Waals surface area contributed by atoms with Crippen LogP contribution in [-0.4, -0.2) is 40.9 Å². The first-order valence-corrected chi connectivity index (χ1v) is 6.79. The number of aromatic hydroxyl groups is 1. The van der Waals surface area contributed by atoms with Crippen molar-refractivity contribution in [1.82, 2.24) is 4.90 Å². The van der Waals surface area contributed by atoms with Crippen LogP contribution in [0, 0.1) is 0 Å². The van der Waals surface area contributed by atoms with Gasteiger partial charge in [-0.25, -0.2) is 0 Å². The minimum Gasteiger partial charge on any atom is -0.504 e. The van der Waals surface area contributed by atoms with Crippen molar-refractivity contribution in [3.63, 3.8) is 0 Å². The van der Waals surface area contributed by atoms with E-state index in [2.05, 4.69) is 15.9 Å². The summed E-state index contributed by atoms with van der Waals surface area (Å²) in [6.45, 7) is 1.45. The van der Waals surface area contributed by atoms with Gasteiger partial charge in [-0.05, 0) is 24.1 Å². The van der Waals surface area contributed by atoms with Gasteiger partial charge in [0.2, 0.25) is 5.91 Å². The van der Waals surface area contributed by atoms with Gasteiger partial charge in [0.1, 0.15) is 0 Å². The highest BCUT2D eigenvalue weighted by molar-refractivity contribution is 9.09. The molecule has 0 radical (unpaired) electrons. The van der Waals surface area contributed by atoms with Gasteiger partial charge >= 0.3 is 0 Å². The molecule has 1 amide bonds. The monoisotopic (exact) mass is 313 g/mol. The number of methoxy groups -OCH3 is 1. The van der Waals surface area contributed by atoms with Crippen molar-refractivity contribution in [2.24, 2.45) is 0 Å². The second-order valence-electron chi connectivity index (χ2n) is 4.40. The van der Waals surface area contributed by atoms with Crippen LogP contribution in [0.4, 0.5) is 0 Å². The number of carbonyl (C=O) groups excluding carboxylic acids is 1. The summed E-state index contributed by atoms with van der Waals surface area (Å²) in [5, 5.41) is 9.66. The molecule has 5 heteroatoms. The zero-order valence-corrected chi connectivity index (χ0v) is 11.8. The predicted molar refractivity (Wildman–Crippen MR) is 72.3 cm³/mol. The number of ether oxygens (including phenoxy) is 1. The molecule has 1 heterocycles. The molecule has 0 spiro atoms. The molecule has 0 aliphatic carbocycles. The van der Waals surface area contributed by atoms with Crippen molar-refractivity contribution in [1.29, 1.82) is 0 Å². The largest absolute Gasteiger partial charge is 0.504 e. The summed E-state index contributed by atoms with van der Waals surface area (Å²) >= 11 is 3.46. The molecule has 0 bridgehead atoms. The molecule has 0 saturated carbocycles. The van der Waals surface area contributed by atoms with Crippen molar-refractivity contribution in [3.05, 3.63) is 23.8 Å². The Morgan fingerprint density at radius 3 is 2.89 bits per heavy atom. The molecule has 1 aromatic carbocycles. The Labute approximate surface area is 115 Å². The highest BCUT2D eigenvalue weighted by Crippen LogP contribution is 2.26. The van der Waals surface area contributed by atoms with E-state index in [0.717, 1.165) is 18.5 Å². The van der Waals surface area contributed by atoms with E-state index in [0.29, 0.717) is 18.7 Å². The molecular formula is C13H16BrNO3. The quantitative estimate of drug-likeness (QED) is 0.864. The molecule has 1 unspecified atom stereocenters. The molecule has 18 heavy (non-hydrogen) atoms. The number of carbonyl (C=O) groups is 1. The van der Waals surface area contributed by atoms with Crippen LogP contribution in [0.15, 0.2) is 18.2 Å². The van der Waals surface area contributed by atoms with E-state index >= 15 is 0 Å². The number of hydrogen-bond acceptors (Lipinski definition) is 3. The normalized spacial score (nSPS) is 19.3. The second kappa shape index (κ2) is 5.61. The fraction of sp³-hybridized carbons (Fsp3) is 0.462. The Morgan fingerprint density at radius 1 is 1.56 bits per heavy atom. The molecule has 4 nitrogen and oxygen atoms in total. The number of alkyl halides is 1. The lowest BCUT2D eigenvalue weighted by Crippen LogP contribution is -2.27. The van der Waals surface area contributed by atoms with E-state index in [1.54, 1.807) is 12.1 Å². The summed E-state index contributed by atoms with van der Waals surface area (Å²) in [6, 6.07) is 5.33. The van der Waals surface area contributed by atoms with Crippen molar-refractivity contribution >= 4 is 21.8 Å². The molecule has 0 aromatic heterocycles. The van der Waals surface area contributed by atoms with Crippen LogP contribution >= 0.6 is 15.9 Å². The number of amides is 1. The van der Waals surface area contributed by atoms with Crippen LogP contribution in [0.25, 0.3) is 0 Å². The smallest absolute Gasteiger partial charge is 0.223 e. The van der Waals surface area contributed by atoms with Crippen LogP contribution in [-0.2, 0) is 11.2 Å². The first-order chi connectivity index (χ1) is 8.60. The lowest BCUT2D eigenvalue weighted by atomic mass is 10.1. The van der Waals surface area contributed by atoms with E-state index in [1.807, 2.05) is 11.0 Å². The average Bonchev–Trinajstić information content (AvgIpc) is 2.65. The zero-order chi connectivity index (χ0) is 13.1. The fourth-order valence-electron chi connectivity index (χ4n) is 2.10. The van der Waals surface area contributed by atoms with Gasteiger partial charge in [0.15, 0.2) is 11.5 Å². The van der Waals surface area contributed by atoms with Gasteiger partial charge in [-0.3, -0.25) is 4.79 Å². The molecule has 98 valence electrons. The summed E-state index contributed by atoms with van der Waals surface area (Å²) in [5.74, 6) is 0.798. The SMILES string of the molecule is COc1ccc(CCN2CC(Br)CC2=O)cc1O. The average molecular weight is 314 g/mol. The van der Waals surface area contributed by atoms with Gasteiger partial charge in [0.05, 0.1) is 7.11 Å². The molecular weight excluding hydrogens is 298 g/mol. The molecule has 1 N–H and O–H groups in total. The first kappa shape index (κ1) is 13.2. The molecule has 2 rings (SSSR count). The minimum atomic E-state index is 0.140. The highest BCUT2D eigenvalue weighted by atomic mass is 79.9. The minimum absolute atomic E-state index is 0.140. The number of benzene rings is 1. The maximum Gasteiger partial charge on any atom is 0.223 e. The third-order valence-electron chi connectivity index (χ3n) is 3.08. The van der Waals surface area contributed by atoms with Gasteiger partial charge in [0.25, 0.3) is 0 Å². The highest BCUT2D eigenvalue weighted by Gasteiger charge is 2.26. The Balaban J connectivity index is 1.94. The van der Waals surface area contributed by atoms with Gasteiger partial charge in [-0.15, -0.1) is 0 Å². The maximum atomic E-state index is 11.6. The summed E-state index contributed by atoms with van der Waals surface area (Å²) < 4.78 is 4.99. The first-order valence-electron chi connectivity index (χ1n) is 5.88. The number of phenolic OH excluding ortho intramolecular Hbond substituents is 1. The van der Waals surface area contributed by atoms with E-state index in [4.69, 9.17) is 4.74 Å². The molecule has 1 aromatic rings. The number of likely N-dealkylation sites (tertiary alicyclic amines) is 1. The van der Waals surface area contributed by atoms with Crippen molar-refractivity contribution in [3.8, 4) is 11.5 Å². The third kappa shape index (κ3) is 2.96. The summed E-state index contributed by atoms with van der Waals surface area (Å²) in [6.07, 6.45) is 1.32. The van der Waals surface area contributed by atoms with Crippen LogP contribution < -0.4 is 4.74 Å². The summed E-state index contributed by atoms with van der Waals surface area (Å²) in [7, 11) is 1.52. The van der Waals surface area contributed by atoms with Crippen molar-refractivity contribution < 1.29 is 14.6 Å². The molecule has 1 aliphatic heterocycles. The number of rotatable bonds is 4. The van der Waals surface area contributed by atoms with Gasteiger partial charge in [-0.1, -0.05) is 22.0 Å². The summed E-state index contributed by atoms with van der Waals surface area (Å²) in [4.78, 5) is 13.7. The number of hydrogen-bond donors (Lipinski definition) is 1. The second-order valence-corrected chi connectivity index (χ2v) is 5.69. The third-order valence-corrected chi connectivity index (χ3v) is 3.69. The number of nitrogens with zero attached hydrogens (tertiary/aromatic N) is 1. The number of phenols is 1. The van der Waals surface area contributed by atoms with E-state index in [1.165, 1.54) is 7.11 Å². The standard InChI is InChI=1S/C13H16BrNO3/c1-18-12-3-2-9(6-11(12)16)4-5-15-8-10(14)7-13(15)17/h2-3,6,10,16H,4-5,7-8H2,1H3. The number of halogens is 1. The van der Waals surface area contributed by atoms with E-state index in [-0.39, 0.29) is 16.5 Å². The molecule has 1 aliphatic rings. The Kier molecular flexibility index (Phi) is 4.11. The topological polar surface area (TPSA) is 49.8 Å². The van der Waals surface area contributed by atoms with Crippen LogP contribution in [0.1, 0.15) is 12.0 Å². The van der Waals surface area contributed by atoms with Crippen molar-refractivity contribution in [2.45, 2.75) is 17.7 Å². The Hall–Kier alpha value is -1.23. The van der Waals surface area contributed by atoms with Crippen LogP contribution in [0.5, 0.6) is 11.5 Å². The van der Waals surface area contributed by atoms with E-state index in [9.17, 15) is 9.90 Å². The van der Waals surface area contributed by atoms with Gasteiger partial charge < -0.3 is 14.7 Å². The van der Waals surface area contributed by atoms with Crippen LogP contribution in [0.3, 0.4) is 0 Å². The maximum absolute atomic E-state index is 11.6. The molecule has 1 fully saturated rings.